The van der Waals surface area contributed by atoms with E-state index in [9.17, 15) is 4.79 Å². The largest absolute Gasteiger partial charge is 0.483 e. The number of nitrogens with zero attached hydrogens (tertiary/aromatic N) is 3. The zero-order valence-corrected chi connectivity index (χ0v) is 17.7. The number of carbonyl (C=O) groups excluding carboxylic acids is 1. The molecule has 6 nitrogen and oxygen atoms in total. The minimum atomic E-state index is -0.147. The summed E-state index contributed by atoms with van der Waals surface area (Å²) in [7, 11) is 0. The molecule has 0 fully saturated rings. The molecule has 0 unspecified atom stereocenters. The lowest BCUT2D eigenvalue weighted by molar-refractivity contribution is -0.136. The number of amides is 1. The first-order chi connectivity index (χ1) is 13.8. The zero-order valence-electron chi connectivity index (χ0n) is 17.0. The second-order valence-electron chi connectivity index (χ2n) is 7.18. The van der Waals surface area contributed by atoms with Gasteiger partial charge in [0.1, 0.15) is 5.75 Å². The van der Waals surface area contributed by atoms with Crippen molar-refractivity contribution >= 4 is 17.5 Å². The van der Waals surface area contributed by atoms with Crippen LogP contribution in [0.15, 0.2) is 46.9 Å². The van der Waals surface area contributed by atoms with E-state index in [1.54, 1.807) is 17.0 Å². The molecule has 0 saturated heterocycles. The third-order valence-electron chi connectivity index (χ3n) is 4.49. The maximum absolute atomic E-state index is 12.8. The van der Waals surface area contributed by atoms with Crippen LogP contribution < -0.4 is 4.74 Å². The molecule has 1 aromatic heterocycles. The normalized spacial score (nSPS) is 11.0. The van der Waals surface area contributed by atoms with E-state index < -0.39 is 0 Å². The highest BCUT2D eigenvalue weighted by Crippen LogP contribution is 2.22. The number of benzene rings is 2. The molecular weight excluding hydrogens is 390 g/mol. The summed E-state index contributed by atoms with van der Waals surface area (Å²) in [6.07, 6.45) is 0. The molecule has 0 aliphatic rings. The van der Waals surface area contributed by atoms with Crippen LogP contribution in [0, 0.1) is 13.8 Å². The summed E-state index contributed by atoms with van der Waals surface area (Å²) in [5, 5.41) is 8.78. The van der Waals surface area contributed by atoms with Crippen LogP contribution in [0.4, 0.5) is 0 Å². The molecule has 0 bridgehead atoms. The molecule has 0 aliphatic heterocycles. The van der Waals surface area contributed by atoms with Gasteiger partial charge in [0.25, 0.3) is 5.91 Å². The second-order valence-corrected chi connectivity index (χ2v) is 7.62. The fraction of sp³-hybridized carbons (Fsp3) is 0.318. The molecule has 1 amide bonds. The fourth-order valence-electron chi connectivity index (χ4n) is 2.91. The van der Waals surface area contributed by atoms with Crippen molar-refractivity contribution < 1.29 is 13.9 Å². The van der Waals surface area contributed by atoms with Crippen LogP contribution in [0.5, 0.6) is 5.75 Å². The van der Waals surface area contributed by atoms with Crippen molar-refractivity contribution in [1.29, 1.82) is 0 Å². The minimum Gasteiger partial charge on any atom is -0.483 e. The summed E-state index contributed by atoms with van der Waals surface area (Å²) in [4.78, 5) is 14.4. The van der Waals surface area contributed by atoms with Gasteiger partial charge >= 0.3 is 0 Å². The molecule has 7 heteroatoms. The molecule has 3 aromatic rings. The van der Waals surface area contributed by atoms with Crippen LogP contribution in [0.3, 0.4) is 0 Å². The lowest BCUT2D eigenvalue weighted by atomic mass is 10.1. The van der Waals surface area contributed by atoms with Gasteiger partial charge in [-0.1, -0.05) is 29.3 Å². The highest BCUT2D eigenvalue weighted by molar-refractivity contribution is 6.30. The van der Waals surface area contributed by atoms with E-state index in [2.05, 4.69) is 10.2 Å². The highest BCUT2D eigenvalue weighted by atomic mass is 35.5. The highest BCUT2D eigenvalue weighted by Gasteiger charge is 2.21. The molecule has 29 heavy (non-hydrogen) atoms. The first-order valence-corrected chi connectivity index (χ1v) is 9.79. The van der Waals surface area contributed by atoms with Crippen LogP contribution in [0.2, 0.25) is 5.02 Å². The Labute approximate surface area is 175 Å². The predicted molar refractivity (Wildman–Crippen MR) is 112 cm³/mol. The van der Waals surface area contributed by atoms with Crippen molar-refractivity contribution in [2.45, 2.75) is 40.3 Å². The van der Waals surface area contributed by atoms with Crippen molar-refractivity contribution in [3.63, 3.8) is 0 Å². The fourth-order valence-corrected chi connectivity index (χ4v) is 3.04. The average Bonchev–Trinajstić information content (AvgIpc) is 3.14. The number of carbonyl (C=O) groups is 1. The van der Waals surface area contributed by atoms with Gasteiger partial charge in [-0.2, -0.15) is 0 Å². The smallest absolute Gasteiger partial charge is 0.261 e. The molecule has 0 radical (unpaired) electrons. The summed E-state index contributed by atoms with van der Waals surface area (Å²) in [5.41, 5.74) is 2.92. The number of halogens is 1. The molecule has 0 aliphatic carbocycles. The Balaban J connectivity index is 1.66. The topological polar surface area (TPSA) is 68.5 Å². The molecular formula is C22H24ClN3O3. The van der Waals surface area contributed by atoms with Gasteiger partial charge in [0, 0.05) is 16.6 Å². The second kappa shape index (κ2) is 9.09. The molecule has 152 valence electrons. The Bertz CT molecular complexity index is 983. The van der Waals surface area contributed by atoms with Gasteiger partial charge in [-0.3, -0.25) is 4.79 Å². The van der Waals surface area contributed by atoms with E-state index >= 15 is 0 Å². The third-order valence-corrected chi connectivity index (χ3v) is 4.74. The standard InChI is InChI=1S/C22H24ClN3O3/c1-14(2)26(21(27)13-28-19-10-5-15(3)11-16(19)4)12-20-24-25-22(29-20)17-6-8-18(23)9-7-17/h5-11,14H,12-13H2,1-4H3. The van der Waals surface area contributed by atoms with E-state index in [0.29, 0.717) is 22.6 Å². The molecule has 3 rings (SSSR count). The van der Waals surface area contributed by atoms with E-state index in [0.717, 1.165) is 16.7 Å². The zero-order chi connectivity index (χ0) is 21.0. The van der Waals surface area contributed by atoms with Crippen LogP contribution in [0.1, 0.15) is 30.9 Å². The molecule has 2 aromatic carbocycles. The van der Waals surface area contributed by atoms with Crippen molar-refractivity contribution in [2.75, 3.05) is 6.61 Å². The Morgan fingerprint density at radius 3 is 2.52 bits per heavy atom. The van der Waals surface area contributed by atoms with E-state index in [-0.39, 0.29) is 25.1 Å². The lowest BCUT2D eigenvalue weighted by Gasteiger charge is -2.25. The van der Waals surface area contributed by atoms with Crippen LogP contribution >= 0.6 is 11.6 Å². The summed E-state index contributed by atoms with van der Waals surface area (Å²) >= 11 is 5.91. The summed E-state index contributed by atoms with van der Waals surface area (Å²) in [6, 6.07) is 13.0. The van der Waals surface area contributed by atoms with Gasteiger partial charge in [0.2, 0.25) is 11.8 Å². The number of rotatable bonds is 7. The molecule has 0 N–H and O–H groups in total. The van der Waals surface area contributed by atoms with Crippen LogP contribution in [0.25, 0.3) is 11.5 Å². The first kappa shape index (κ1) is 20.9. The molecule has 0 atom stereocenters. The van der Waals surface area contributed by atoms with Gasteiger partial charge < -0.3 is 14.1 Å². The minimum absolute atomic E-state index is 0.0453. The van der Waals surface area contributed by atoms with Gasteiger partial charge in [-0.15, -0.1) is 10.2 Å². The van der Waals surface area contributed by atoms with E-state index in [1.165, 1.54) is 0 Å². The summed E-state index contributed by atoms with van der Waals surface area (Å²) in [6.45, 7) is 8.01. The molecule has 0 spiro atoms. The maximum atomic E-state index is 12.8. The number of aromatic nitrogens is 2. The number of hydrogen-bond acceptors (Lipinski definition) is 5. The van der Waals surface area contributed by atoms with Crippen LogP contribution in [-0.4, -0.2) is 33.7 Å². The van der Waals surface area contributed by atoms with Crippen molar-refractivity contribution in [3.8, 4) is 17.2 Å². The van der Waals surface area contributed by atoms with E-state index in [1.807, 2.05) is 58.0 Å². The van der Waals surface area contributed by atoms with Gasteiger partial charge in [-0.25, -0.2) is 0 Å². The maximum Gasteiger partial charge on any atom is 0.261 e. The number of hydrogen-bond donors (Lipinski definition) is 0. The predicted octanol–water partition coefficient (Wildman–Crippen LogP) is 4.82. The average molecular weight is 414 g/mol. The Morgan fingerprint density at radius 2 is 1.86 bits per heavy atom. The first-order valence-electron chi connectivity index (χ1n) is 9.41. The van der Waals surface area contributed by atoms with Crippen LogP contribution in [-0.2, 0) is 11.3 Å². The summed E-state index contributed by atoms with van der Waals surface area (Å²) in [5.74, 6) is 1.31. The SMILES string of the molecule is Cc1ccc(OCC(=O)N(Cc2nnc(-c3ccc(Cl)cc3)o2)C(C)C)c(C)c1. The number of aryl methyl sites for hydroxylation is 2. The van der Waals surface area contributed by atoms with Gasteiger partial charge in [0.05, 0.1) is 6.54 Å². The van der Waals surface area contributed by atoms with Gasteiger partial charge in [0.15, 0.2) is 6.61 Å². The quantitative estimate of drug-likeness (QED) is 0.555. The summed E-state index contributed by atoms with van der Waals surface area (Å²) < 4.78 is 11.5. The lowest BCUT2D eigenvalue weighted by Crippen LogP contribution is -2.39. The third kappa shape index (κ3) is 5.35. The van der Waals surface area contributed by atoms with Crippen molar-refractivity contribution in [2.24, 2.45) is 0 Å². The number of ether oxygens (including phenoxy) is 1. The monoisotopic (exact) mass is 413 g/mol. The van der Waals surface area contributed by atoms with Crippen molar-refractivity contribution in [3.05, 3.63) is 64.5 Å². The Morgan fingerprint density at radius 1 is 1.14 bits per heavy atom. The van der Waals surface area contributed by atoms with Crippen molar-refractivity contribution in [1.82, 2.24) is 15.1 Å². The van der Waals surface area contributed by atoms with Gasteiger partial charge in [-0.05, 0) is 63.6 Å². The van der Waals surface area contributed by atoms with E-state index in [4.69, 9.17) is 20.8 Å². The Kier molecular flexibility index (Phi) is 6.54. The Hall–Kier alpha value is -2.86. The molecule has 0 saturated carbocycles. The molecule has 1 heterocycles.